The Hall–Kier alpha value is -1.12. The molecular weight excluding hydrogens is 210 g/mol. The zero-order valence-corrected chi connectivity index (χ0v) is 11.3. The summed E-state index contributed by atoms with van der Waals surface area (Å²) in [6, 6.07) is 2.10. The predicted octanol–water partition coefficient (Wildman–Crippen LogP) is 3.23. The molecule has 0 aromatic carbocycles. The highest BCUT2D eigenvalue weighted by atomic mass is 15.0. The molecule has 1 fully saturated rings. The molecule has 0 spiro atoms. The van der Waals surface area contributed by atoms with E-state index in [1.165, 1.54) is 12.1 Å². The van der Waals surface area contributed by atoms with Gasteiger partial charge in [-0.3, -0.25) is 0 Å². The summed E-state index contributed by atoms with van der Waals surface area (Å²) in [4.78, 5) is 9.34. The molecule has 3 nitrogen and oxygen atoms in total. The molecule has 1 aromatic rings. The molecule has 1 aliphatic carbocycles. The molecule has 1 aromatic heterocycles. The molecule has 1 saturated carbocycles. The summed E-state index contributed by atoms with van der Waals surface area (Å²) < 4.78 is 0. The molecule has 0 saturated heterocycles. The summed E-state index contributed by atoms with van der Waals surface area (Å²) in [7, 11) is 0. The van der Waals surface area contributed by atoms with Crippen molar-refractivity contribution in [1.29, 1.82) is 0 Å². The minimum Gasteiger partial charge on any atom is -0.370 e. The normalized spacial score (nSPS) is 22.9. The maximum absolute atomic E-state index is 4.72. The molecule has 0 amide bonds. The van der Waals surface area contributed by atoms with Crippen LogP contribution < -0.4 is 5.32 Å². The summed E-state index contributed by atoms with van der Waals surface area (Å²) in [6.45, 7) is 9.75. The van der Waals surface area contributed by atoms with Crippen molar-refractivity contribution in [2.45, 2.75) is 46.5 Å². The highest BCUT2D eigenvalue weighted by Crippen LogP contribution is 2.45. The van der Waals surface area contributed by atoms with Gasteiger partial charge < -0.3 is 5.32 Å². The van der Waals surface area contributed by atoms with E-state index in [0.717, 1.165) is 30.5 Å². The first-order valence-corrected chi connectivity index (χ1v) is 6.71. The zero-order valence-electron chi connectivity index (χ0n) is 11.3. The summed E-state index contributed by atoms with van der Waals surface area (Å²) >= 11 is 0. The van der Waals surface area contributed by atoms with Gasteiger partial charge in [-0.05, 0) is 31.6 Å². The van der Waals surface area contributed by atoms with E-state index in [9.17, 15) is 0 Å². The first-order valence-electron chi connectivity index (χ1n) is 6.71. The molecule has 2 unspecified atom stereocenters. The molecule has 2 atom stereocenters. The minimum absolute atomic E-state index is 0.597. The van der Waals surface area contributed by atoms with Gasteiger partial charge in [0.2, 0.25) is 0 Å². The number of hydrogen-bond donors (Lipinski definition) is 1. The maximum atomic E-state index is 4.72. The molecule has 2 rings (SSSR count). The van der Waals surface area contributed by atoms with Crippen LogP contribution in [0.25, 0.3) is 0 Å². The van der Waals surface area contributed by atoms with Crippen molar-refractivity contribution in [3.05, 3.63) is 17.6 Å². The lowest BCUT2D eigenvalue weighted by Crippen LogP contribution is -2.07. The van der Waals surface area contributed by atoms with E-state index in [1.54, 1.807) is 0 Å². The first kappa shape index (κ1) is 12.3. The van der Waals surface area contributed by atoms with Gasteiger partial charge in [0.1, 0.15) is 11.6 Å². The Kier molecular flexibility index (Phi) is 3.65. The topological polar surface area (TPSA) is 37.8 Å². The molecule has 1 aliphatic rings. The second kappa shape index (κ2) is 5.03. The largest absolute Gasteiger partial charge is 0.370 e. The molecule has 3 heteroatoms. The van der Waals surface area contributed by atoms with E-state index in [0.29, 0.717) is 11.8 Å². The Morgan fingerprint density at radius 3 is 2.65 bits per heavy atom. The number of anilines is 1. The van der Waals surface area contributed by atoms with E-state index in [-0.39, 0.29) is 0 Å². The van der Waals surface area contributed by atoms with Crippen molar-refractivity contribution in [1.82, 2.24) is 9.97 Å². The number of hydrogen-bond acceptors (Lipinski definition) is 3. The third-order valence-corrected chi connectivity index (χ3v) is 3.21. The van der Waals surface area contributed by atoms with Gasteiger partial charge in [-0.2, -0.15) is 0 Å². The summed E-state index contributed by atoms with van der Waals surface area (Å²) in [6.07, 6.45) is 2.28. The molecule has 0 bridgehead atoms. The van der Waals surface area contributed by atoms with Crippen LogP contribution in [0.3, 0.4) is 0 Å². The lowest BCUT2D eigenvalue weighted by Gasteiger charge is -2.10. The van der Waals surface area contributed by atoms with Gasteiger partial charge in [-0.25, -0.2) is 9.97 Å². The van der Waals surface area contributed by atoms with Crippen LogP contribution in [0.2, 0.25) is 0 Å². The smallest absolute Gasteiger partial charge is 0.134 e. The van der Waals surface area contributed by atoms with Crippen molar-refractivity contribution in [2.75, 3.05) is 11.9 Å². The average molecular weight is 233 g/mol. The fourth-order valence-electron chi connectivity index (χ4n) is 2.16. The Morgan fingerprint density at radius 2 is 2.12 bits per heavy atom. The SMILES string of the molecule is CCNc1cc(CC(C)C)nc(C2CC2C)n1. The average Bonchev–Trinajstić information content (AvgIpc) is 2.94. The summed E-state index contributed by atoms with van der Waals surface area (Å²) in [5.74, 6) is 4.04. The highest BCUT2D eigenvalue weighted by Gasteiger charge is 2.36. The monoisotopic (exact) mass is 233 g/mol. The third-order valence-electron chi connectivity index (χ3n) is 3.21. The standard InChI is InChI=1S/C14H23N3/c1-5-15-13-8-11(6-9(2)3)16-14(17-13)12-7-10(12)4/h8-10,12H,5-7H2,1-4H3,(H,15,16,17). The van der Waals surface area contributed by atoms with Crippen LogP contribution in [0, 0.1) is 11.8 Å². The van der Waals surface area contributed by atoms with Gasteiger partial charge in [0, 0.05) is 24.2 Å². The molecule has 0 aliphatic heterocycles. The lowest BCUT2D eigenvalue weighted by atomic mass is 10.1. The van der Waals surface area contributed by atoms with Crippen molar-refractivity contribution in [3.63, 3.8) is 0 Å². The second-order valence-corrected chi connectivity index (χ2v) is 5.55. The fourth-order valence-corrected chi connectivity index (χ4v) is 2.16. The third kappa shape index (κ3) is 3.18. The van der Waals surface area contributed by atoms with E-state index in [4.69, 9.17) is 4.98 Å². The van der Waals surface area contributed by atoms with Crippen LogP contribution in [0.1, 0.15) is 51.6 Å². The van der Waals surface area contributed by atoms with Gasteiger partial charge in [0.05, 0.1) is 0 Å². The Balaban J connectivity index is 2.22. The van der Waals surface area contributed by atoms with E-state index < -0.39 is 0 Å². The molecule has 0 radical (unpaired) electrons. The van der Waals surface area contributed by atoms with Gasteiger partial charge in [0.25, 0.3) is 0 Å². The fraction of sp³-hybridized carbons (Fsp3) is 0.714. The molecular formula is C14H23N3. The van der Waals surface area contributed by atoms with Gasteiger partial charge in [-0.1, -0.05) is 20.8 Å². The minimum atomic E-state index is 0.597. The molecule has 1 N–H and O–H groups in total. The predicted molar refractivity (Wildman–Crippen MR) is 71.3 cm³/mol. The Morgan fingerprint density at radius 1 is 1.41 bits per heavy atom. The van der Waals surface area contributed by atoms with E-state index in [2.05, 4.69) is 44.1 Å². The number of rotatable bonds is 5. The Bertz CT molecular complexity index is 387. The van der Waals surface area contributed by atoms with Crippen LogP contribution in [-0.4, -0.2) is 16.5 Å². The summed E-state index contributed by atoms with van der Waals surface area (Å²) in [5.41, 5.74) is 1.18. The quantitative estimate of drug-likeness (QED) is 0.848. The number of aromatic nitrogens is 2. The second-order valence-electron chi connectivity index (χ2n) is 5.55. The number of nitrogens with one attached hydrogen (secondary N) is 1. The Labute approximate surface area is 104 Å². The molecule has 94 valence electrons. The van der Waals surface area contributed by atoms with E-state index in [1.807, 2.05) is 0 Å². The van der Waals surface area contributed by atoms with E-state index >= 15 is 0 Å². The number of nitrogens with zero attached hydrogens (tertiary/aromatic N) is 2. The van der Waals surface area contributed by atoms with Crippen LogP contribution >= 0.6 is 0 Å². The van der Waals surface area contributed by atoms with Gasteiger partial charge in [0.15, 0.2) is 0 Å². The molecule has 17 heavy (non-hydrogen) atoms. The van der Waals surface area contributed by atoms with Crippen LogP contribution in [0.4, 0.5) is 5.82 Å². The first-order chi connectivity index (χ1) is 8.10. The van der Waals surface area contributed by atoms with Crippen LogP contribution in [0.15, 0.2) is 6.07 Å². The van der Waals surface area contributed by atoms with Crippen LogP contribution in [-0.2, 0) is 6.42 Å². The van der Waals surface area contributed by atoms with Crippen molar-refractivity contribution in [2.24, 2.45) is 11.8 Å². The lowest BCUT2D eigenvalue weighted by molar-refractivity contribution is 0.629. The summed E-state index contributed by atoms with van der Waals surface area (Å²) in [5, 5.41) is 3.31. The van der Waals surface area contributed by atoms with Crippen molar-refractivity contribution >= 4 is 5.82 Å². The zero-order chi connectivity index (χ0) is 12.4. The van der Waals surface area contributed by atoms with Crippen molar-refractivity contribution in [3.8, 4) is 0 Å². The maximum Gasteiger partial charge on any atom is 0.134 e. The highest BCUT2D eigenvalue weighted by molar-refractivity contribution is 5.37. The van der Waals surface area contributed by atoms with Crippen LogP contribution in [0.5, 0.6) is 0 Å². The van der Waals surface area contributed by atoms with Gasteiger partial charge in [-0.15, -0.1) is 0 Å². The van der Waals surface area contributed by atoms with Crippen molar-refractivity contribution < 1.29 is 0 Å². The van der Waals surface area contributed by atoms with Gasteiger partial charge >= 0.3 is 0 Å². The molecule has 1 heterocycles.